The van der Waals surface area contributed by atoms with Crippen LogP contribution in [0, 0.1) is 0 Å². The van der Waals surface area contributed by atoms with E-state index in [4.69, 9.17) is 0 Å². The molecule has 0 fully saturated rings. The van der Waals surface area contributed by atoms with Gasteiger partial charge in [0.1, 0.15) is 0 Å². The van der Waals surface area contributed by atoms with Gasteiger partial charge in [-0.15, -0.1) is 0 Å². The van der Waals surface area contributed by atoms with Crippen LogP contribution < -0.4 is 5.32 Å². The second-order valence-electron chi connectivity index (χ2n) is 3.96. The number of allylic oxidation sites excluding steroid dienone is 4. The van der Waals surface area contributed by atoms with Gasteiger partial charge < -0.3 is 5.32 Å². The summed E-state index contributed by atoms with van der Waals surface area (Å²) in [5, 5.41) is 3.22. The minimum Gasteiger partial charge on any atom is -0.385 e. The maximum atomic E-state index is 4.00. The highest BCUT2D eigenvalue weighted by atomic mass is 14.9. The molecule has 0 amide bonds. The first-order valence-electron chi connectivity index (χ1n) is 6.02. The molecule has 0 atom stereocenters. The van der Waals surface area contributed by atoms with Crippen molar-refractivity contribution in [3.63, 3.8) is 0 Å². The van der Waals surface area contributed by atoms with Crippen LogP contribution in [0.4, 0.5) is 0 Å². The Morgan fingerprint density at radius 2 is 1.82 bits per heavy atom. The third-order valence-corrected chi connectivity index (χ3v) is 2.62. The quantitative estimate of drug-likeness (QED) is 0.742. The van der Waals surface area contributed by atoms with Gasteiger partial charge in [0.15, 0.2) is 0 Å². The smallest absolute Gasteiger partial charge is 0.0340 e. The van der Waals surface area contributed by atoms with Crippen molar-refractivity contribution in [1.82, 2.24) is 5.32 Å². The first kappa shape index (κ1) is 13.3. The van der Waals surface area contributed by atoms with E-state index in [-0.39, 0.29) is 0 Å². The van der Waals surface area contributed by atoms with Crippen LogP contribution in [0.1, 0.15) is 31.9 Å². The van der Waals surface area contributed by atoms with Crippen molar-refractivity contribution in [3.8, 4) is 0 Å². The molecule has 90 valence electrons. The summed E-state index contributed by atoms with van der Waals surface area (Å²) in [6, 6.07) is 8.47. The minimum atomic E-state index is 0.904. The molecule has 0 saturated heterocycles. The molecule has 1 aromatic carbocycles. The molecule has 0 radical (unpaired) electrons. The zero-order valence-corrected chi connectivity index (χ0v) is 11.0. The summed E-state index contributed by atoms with van der Waals surface area (Å²) in [6.07, 6.45) is 6.21. The van der Waals surface area contributed by atoms with Gasteiger partial charge in [-0.05, 0) is 37.5 Å². The summed E-state index contributed by atoms with van der Waals surface area (Å²) in [5.74, 6) is 0. The summed E-state index contributed by atoms with van der Waals surface area (Å²) in [5.41, 5.74) is 4.64. The van der Waals surface area contributed by atoms with Crippen LogP contribution in [0.2, 0.25) is 0 Å². The lowest BCUT2D eigenvalue weighted by atomic mass is 10.0. The molecule has 1 heteroatoms. The zero-order chi connectivity index (χ0) is 12.7. The van der Waals surface area contributed by atoms with Crippen LogP contribution in [0.15, 0.2) is 49.1 Å². The van der Waals surface area contributed by atoms with Gasteiger partial charge in [0.05, 0.1) is 0 Å². The van der Waals surface area contributed by atoms with Gasteiger partial charge in [0.2, 0.25) is 0 Å². The minimum absolute atomic E-state index is 0.904. The molecule has 1 aromatic rings. The first-order chi connectivity index (χ1) is 8.19. The van der Waals surface area contributed by atoms with E-state index in [9.17, 15) is 0 Å². The van der Waals surface area contributed by atoms with Crippen LogP contribution >= 0.6 is 0 Å². The molecule has 1 N–H and O–H groups in total. The zero-order valence-electron chi connectivity index (χ0n) is 11.0. The average molecular weight is 227 g/mol. The number of benzene rings is 1. The van der Waals surface area contributed by atoms with Gasteiger partial charge in [-0.3, -0.25) is 0 Å². The maximum absolute atomic E-state index is 4.00. The van der Waals surface area contributed by atoms with E-state index in [2.05, 4.69) is 62.2 Å². The first-order valence-corrected chi connectivity index (χ1v) is 6.02. The molecule has 17 heavy (non-hydrogen) atoms. The molecular formula is C16H21N. The fraction of sp³-hybridized carbons (Fsp3) is 0.250. The predicted molar refractivity (Wildman–Crippen MR) is 77.6 cm³/mol. The van der Waals surface area contributed by atoms with Crippen molar-refractivity contribution in [2.24, 2.45) is 0 Å². The number of nitrogens with one attached hydrogen (secondary N) is 1. The molecule has 1 rings (SSSR count). The van der Waals surface area contributed by atoms with Crippen molar-refractivity contribution in [2.45, 2.75) is 20.8 Å². The van der Waals surface area contributed by atoms with Gasteiger partial charge in [-0.1, -0.05) is 49.1 Å². The third kappa shape index (κ3) is 3.95. The van der Waals surface area contributed by atoms with E-state index in [0.717, 1.165) is 17.8 Å². The molecule has 0 aromatic heterocycles. The fourth-order valence-electron chi connectivity index (χ4n) is 1.59. The molecule has 0 heterocycles. The number of rotatable bonds is 5. The van der Waals surface area contributed by atoms with E-state index in [0.29, 0.717) is 0 Å². The molecule has 0 bridgehead atoms. The fourth-order valence-corrected chi connectivity index (χ4v) is 1.59. The molecular weight excluding hydrogens is 206 g/mol. The Hall–Kier alpha value is -1.76. The Morgan fingerprint density at radius 1 is 1.24 bits per heavy atom. The Kier molecular flexibility index (Phi) is 5.28. The van der Waals surface area contributed by atoms with Gasteiger partial charge in [0.25, 0.3) is 0 Å². The second-order valence-corrected chi connectivity index (χ2v) is 3.96. The monoisotopic (exact) mass is 227 g/mol. The van der Waals surface area contributed by atoms with Crippen LogP contribution in [0.5, 0.6) is 0 Å². The molecule has 0 aliphatic rings. The summed E-state index contributed by atoms with van der Waals surface area (Å²) < 4.78 is 0. The van der Waals surface area contributed by atoms with Crippen LogP contribution in [-0.2, 0) is 0 Å². The molecule has 0 aliphatic carbocycles. The van der Waals surface area contributed by atoms with Gasteiger partial charge in [0, 0.05) is 12.2 Å². The van der Waals surface area contributed by atoms with E-state index in [1.54, 1.807) is 0 Å². The number of hydrogen-bond donors (Lipinski definition) is 1. The van der Waals surface area contributed by atoms with Crippen LogP contribution in [0.3, 0.4) is 0 Å². The Labute approximate surface area is 105 Å². The highest BCUT2D eigenvalue weighted by Gasteiger charge is 1.98. The summed E-state index contributed by atoms with van der Waals surface area (Å²) in [6.45, 7) is 11.1. The van der Waals surface area contributed by atoms with Crippen molar-refractivity contribution >= 4 is 11.3 Å². The lowest BCUT2D eigenvalue weighted by Crippen LogP contribution is -2.09. The highest BCUT2D eigenvalue weighted by molar-refractivity contribution is 5.68. The standard InChI is InChI=1S/C16H21N/c1-5-7-8-13(3)15-9-11-16(12-10-15)14(4)17-6-2/h5,7-12,17H,4,6H2,1-3H3/b7-5-,13-8+. The SMILES string of the molecule is C=C(NCC)c1ccc(/C(C)=C/C=C\C)cc1. The lowest BCUT2D eigenvalue weighted by Gasteiger charge is -2.08. The number of hydrogen-bond acceptors (Lipinski definition) is 1. The van der Waals surface area contributed by atoms with Crippen molar-refractivity contribution in [1.29, 1.82) is 0 Å². The van der Waals surface area contributed by atoms with Crippen molar-refractivity contribution < 1.29 is 0 Å². The maximum Gasteiger partial charge on any atom is 0.0340 e. The summed E-state index contributed by atoms with van der Waals surface area (Å²) in [4.78, 5) is 0. The molecule has 0 aliphatic heterocycles. The predicted octanol–water partition coefficient (Wildman–Crippen LogP) is 4.25. The average Bonchev–Trinajstić information content (AvgIpc) is 2.36. The molecule has 1 nitrogen and oxygen atoms in total. The van der Waals surface area contributed by atoms with Crippen LogP contribution in [-0.4, -0.2) is 6.54 Å². The Balaban J connectivity index is 2.84. The largest absolute Gasteiger partial charge is 0.385 e. The third-order valence-electron chi connectivity index (χ3n) is 2.62. The van der Waals surface area contributed by atoms with Gasteiger partial charge in [-0.25, -0.2) is 0 Å². The molecule has 0 spiro atoms. The van der Waals surface area contributed by atoms with Gasteiger partial charge in [-0.2, -0.15) is 0 Å². The normalized spacial score (nSPS) is 11.8. The summed E-state index contributed by atoms with van der Waals surface area (Å²) >= 11 is 0. The van der Waals surface area contributed by atoms with E-state index in [1.165, 1.54) is 11.1 Å². The van der Waals surface area contributed by atoms with E-state index < -0.39 is 0 Å². The van der Waals surface area contributed by atoms with Crippen molar-refractivity contribution in [3.05, 3.63) is 60.2 Å². The van der Waals surface area contributed by atoms with Crippen molar-refractivity contribution in [2.75, 3.05) is 6.54 Å². The lowest BCUT2D eigenvalue weighted by molar-refractivity contribution is 0.942. The van der Waals surface area contributed by atoms with Crippen LogP contribution in [0.25, 0.3) is 11.3 Å². The Morgan fingerprint density at radius 3 is 2.35 bits per heavy atom. The molecule has 0 unspecified atom stereocenters. The van der Waals surface area contributed by atoms with E-state index in [1.807, 2.05) is 13.0 Å². The molecule has 0 saturated carbocycles. The van der Waals surface area contributed by atoms with E-state index >= 15 is 0 Å². The topological polar surface area (TPSA) is 12.0 Å². The second kappa shape index (κ2) is 6.74. The Bertz CT molecular complexity index is 421. The highest BCUT2D eigenvalue weighted by Crippen LogP contribution is 2.17. The van der Waals surface area contributed by atoms with Gasteiger partial charge >= 0.3 is 0 Å². The summed E-state index contributed by atoms with van der Waals surface area (Å²) in [7, 11) is 0.